The number of hydrogen-bond donors (Lipinski definition) is 0. The zero-order valence-corrected chi connectivity index (χ0v) is 18.1. The van der Waals surface area contributed by atoms with Crippen molar-refractivity contribution in [3.63, 3.8) is 0 Å². The highest BCUT2D eigenvalue weighted by molar-refractivity contribution is 6.54. The molecule has 1 aliphatic heterocycles. The lowest BCUT2D eigenvalue weighted by molar-refractivity contribution is 0.106. The van der Waals surface area contributed by atoms with Crippen LogP contribution in [0.5, 0.6) is 0 Å². The van der Waals surface area contributed by atoms with E-state index in [-0.39, 0.29) is 11.2 Å². The van der Waals surface area contributed by atoms with Crippen molar-refractivity contribution in [2.24, 2.45) is 4.99 Å². The second kappa shape index (κ2) is 6.47. The number of likely N-dealkylation sites (N-methyl/N-ethyl adjacent to an activating group) is 1. The summed E-state index contributed by atoms with van der Waals surface area (Å²) >= 11 is 0. The Morgan fingerprint density at radius 2 is 1.75 bits per heavy atom. The molecule has 0 fully saturated rings. The number of aromatic nitrogens is 3. The van der Waals surface area contributed by atoms with Gasteiger partial charge in [-0.3, -0.25) is 14.2 Å². The number of imidazole rings is 1. The summed E-state index contributed by atoms with van der Waals surface area (Å²) in [7, 11) is 2.05. The fourth-order valence-corrected chi connectivity index (χ4v) is 4.91. The van der Waals surface area contributed by atoms with Crippen LogP contribution in [-0.4, -0.2) is 32.9 Å². The van der Waals surface area contributed by atoms with Crippen LogP contribution in [0, 0.1) is 0 Å². The molecule has 0 N–H and O–H groups in total. The molecule has 0 unspecified atom stereocenters. The van der Waals surface area contributed by atoms with Gasteiger partial charge in [-0.15, -0.1) is 0 Å². The van der Waals surface area contributed by atoms with Crippen molar-refractivity contribution >= 4 is 23.0 Å². The van der Waals surface area contributed by atoms with Crippen LogP contribution < -0.4 is 4.90 Å². The summed E-state index contributed by atoms with van der Waals surface area (Å²) in [4.78, 5) is 29.6. The number of benzene rings is 2. The largest absolute Gasteiger partial charge is 0.346 e. The Kier molecular flexibility index (Phi) is 3.78. The van der Waals surface area contributed by atoms with Crippen molar-refractivity contribution in [1.29, 1.82) is 0 Å². The van der Waals surface area contributed by atoms with Gasteiger partial charge in [0.1, 0.15) is 17.1 Å². The van der Waals surface area contributed by atoms with Gasteiger partial charge in [0.25, 0.3) is 0 Å². The van der Waals surface area contributed by atoms with Crippen molar-refractivity contribution in [2.75, 3.05) is 11.9 Å². The first-order chi connectivity index (χ1) is 15.5. The molecule has 2 aromatic carbocycles. The van der Waals surface area contributed by atoms with Gasteiger partial charge in [0.05, 0.1) is 0 Å². The molecule has 0 saturated heterocycles. The van der Waals surface area contributed by atoms with Crippen LogP contribution in [0.2, 0.25) is 0 Å². The molecule has 32 heavy (non-hydrogen) atoms. The monoisotopic (exact) mass is 419 g/mol. The SMILES string of the molecule is CN1/C(=C/N=C2C(=O)c3c(nc4ncccn34)-c3ccccc32)C(C)(C)c2ccccc21. The summed E-state index contributed by atoms with van der Waals surface area (Å²) in [5, 5.41) is 0. The molecule has 0 spiro atoms. The van der Waals surface area contributed by atoms with Crippen LogP contribution in [0.25, 0.3) is 17.0 Å². The Hall–Kier alpha value is -4.06. The van der Waals surface area contributed by atoms with E-state index in [1.165, 1.54) is 5.56 Å². The van der Waals surface area contributed by atoms with Crippen LogP contribution in [-0.2, 0) is 5.41 Å². The second-order valence-corrected chi connectivity index (χ2v) is 8.67. The number of ketones is 1. The Morgan fingerprint density at radius 3 is 2.56 bits per heavy atom. The van der Waals surface area contributed by atoms with E-state index in [1.54, 1.807) is 16.7 Å². The van der Waals surface area contributed by atoms with Crippen LogP contribution in [0.15, 0.2) is 83.9 Å². The highest BCUT2D eigenvalue weighted by atomic mass is 16.1. The molecule has 0 bridgehead atoms. The number of carbonyl (C=O) groups excluding carboxylic acids is 1. The normalized spacial score (nSPS) is 18.8. The van der Waals surface area contributed by atoms with Crippen molar-refractivity contribution in [1.82, 2.24) is 14.4 Å². The number of para-hydroxylation sites is 1. The smallest absolute Gasteiger partial charge is 0.234 e. The van der Waals surface area contributed by atoms with Gasteiger partial charge in [-0.1, -0.05) is 56.3 Å². The fraction of sp³-hybridized carbons (Fsp3) is 0.154. The molecule has 0 saturated carbocycles. The number of hydrogen-bond acceptors (Lipinski definition) is 5. The van der Waals surface area contributed by atoms with Crippen LogP contribution in [0.1, 0.15) is 35.5 Å². The minimum atomic E-state index is -0.217. The Bertz CT molecular complexity index is 1490. The maximum Gasteiger partial charge on any atom is 0.234 e. The van der Waals surface area contributed by atoms with Gasteiger partial charge >= 0.3 is 0 Å². The van der Waals surface area contributed by atoms with Crippen LogP contribution in [0.3, 0.4) is 0 Å². The number of rotatable bonds is 1. The molecule has 6 heteroatoms. The fourth-order valence-electron chi connectivity index (χ4n) is 4.91. The lowest BCUT2D eigenvalue weighted by atomic mass is 9.84. The number of Topliss-reactive ketones (excluding diaryl/α,β-unsaturated/α-hetero) is 1. The highest BCUT2D eigenvalue weighted by Gasteiger charge is 2.39. The van der Waals surface area contributed by atoms with E-state index in [9.17, 15) is 4.79 Å². The van der Waals surface area contributed by atoms with Gasteiger partial charge in [-0.05, 0) is 17.7 Å². The summed E-state index contributed by atoms with van der Waals surface area (Å²) in [5.41, 5.74) is 6.51. The first-order valence-corrected chi connectivity index (χ1v) is 10.6. The molecule has 0 atom stereocenters. The third-order valence-electron chi connectivity index (χ3n) is 6.53. The molecule has 0 amide bonds. The second-order valence-electron chi connectivity index (χ2n) is 8.67. The number of nitrogens with zero attached hydrogens (tertiary/aromatic N) is 5. The maximum atomic E-state index is 13.7. The van der Waals surface area contributed by atoms with Gasteiger partial charge < -0.3 is 4.90 Å². The average molecular weight is 419 g/mol. The zero-order valence-electron chi connectivity index (χ0n) is 18.1. The quantitative estimate of drug-likeness (QED) is 0.451. The van der Waals surface area contributed by atoms with E-state index in [0.29, 0.717) is 22.9 Å². The van der Waals surface area contributed by atoms with Crippen LogP contribution >= 0.6 is 0 Å². The van der Waals surface area contributed by atoms with Gasteiger partial charge in [0.15, 0.2) is 0 Å². The molecule has 2 aliphatic rings. The Morgan fingerprint density at radius 1 is 1.00 bits per heavy atom. The summed E-state index contributed by atoms with van der Waals surface area (Å²) in [6, 6.07) is 18.0. The van der Waals surface area contributed by atoms with Gasteiger partial charge in [-0.25, -0.2) is 9.97 Å². The summed E-state index contributed by atoms with van der Waals surface area (Å²) in [6.07, 6.45) is 5.34. The summed E-state index contributed by atoms with van der Waals surface area (Å²) in [6.45, 7) is 4.37. The minimum Gasteiger partial charge on any atom is -0.346 e. The molecular formula is C26H21N5O. The Labute approximate surface area is 185 Å². The molecule has 2 aromatic heterocycles. The molecule has 156 valence electrons. The standard InChI is InChI=1S/C26H21N5O/c1-26(2)18-11-6-7-12-19(18)30(3)20(26)15-28-22-17-10-5-4-9-16(17)21-23(24(22)32)31-14-8-13-27-25(31)29-21/h4-15H,1-3H3/b20-15+,28-22?. The van der Waals surface area contributed by atoms with Crippen molar-refractivity contribution in [2.45, 2.75) is 19.3 Å². The minimum absolute atomic E-state index is 0.146. The third kappa shape index (κ3) is 2.40. The number of allylic oxidation sites excluding steroid dienone is 1. The Balaban J connectivity index is 1.55. The summed E-state index contributed by atoms with van der Waals surface area (Å²) < 4.78 is 1.75. The average Bonchev–Trinajstić information content (AvgIpc) is 3.28. The molecule has 6 nitrogen and oxygen atoms in total. The van der Waals surface area contributed by atoms with Gasteiger partial charge in [0.2, 0.25) is 11.6 Å². The lowest BCUT2D eigenvalue weighted by Gasteiger charge is -2.23. The van der Waals surface area contributed by atoms with E-state index >= 15 is 0 Å². The van der Waals surface area contributed by atoms with E-state index < -0.39 is 0 Å². The topological polar surface area (TPSA) is 62.9 Å². The number of fused-ring (bicyclic) bond motifs is 6. The zero-order chi connectivity index (χ0) is 22.0. The predicted molar refractivity (Wildman–Crippen MR) is 125 cm³/mol. The van der Waals surface area contributed by atoms with Gasteiger partial charge in [-0.2, -0.15) is 0 Å². The molecule has 1 aliphatic carbocycles. The number of carbonyl (C=O) groups is 1. The van der Waals surface area contributed by atoms with E-state index in [2.05, 4.69) is 46.9 Å². The summed E-state index contributed by atoms with van der Waals surface area (Å²) in [5.74, 6) is 0.361. The van der Waals surface area contributed by atoms with Crippen LogP contribution in [0.4, 0.5) is 5.69 Å². The molecule has 4 aromatic rings. The molecular weight excluding hydrogens is 398 g/mol. The van der Waals surface area contributed by atoms with Crippen molar-refractivity contribution in [3.05, 3.63) is 95.7 Å². The maximum absolute atomic E-state index is 13.7. The predicted octanol–water partition coefficient (Wildman–Crippen LogP) is 4.65. The third-order valence-corrected chi connectivity index (χ3v) is 6.53. The van der Waals surface area contributed by atoms with Crippen molar-refractivity contribution in [3.8, 4) is 11.3 Å². The van der Waals surface area contributed by atoms with E-state index in [1.807, 2.05) is 49.8 Å². The van der Waals surface area contributed by atoms with E-state index in [4.69, 9.17) is 4.99 Å². The molecule has 6 rings (SSSR count). The lowest BCUT2D eigenvalue weighted by Crippen LogP contribution is -2.25. The van der Waals surface area contributed by atoms with Crippen molar-refractivity contribution < 1.29 is 4.79 Å². The molecule has 3 heterocycles. The first kappa shape index (κ1) is 18.7. The first-order valence-electron chi connectivity index (χ1n) is 10.6. The van der Waals surface area contributed by atoms with E-state index in [0.717, 1.165) is 22.5 Å². The highest BCUT2D eigenvalue weighted by Crippen LogP contribution is 2.46. The van der Waals surface area contributed by atoms with Gasteiger partial charge in [0, 0.05) is 53.6 Å². The number of aliphatic imine (C=N–C) groups is 1. The molecule has 0 radical (unpaired) electrons. The number of anilines is 1.